The molecule has 0 bridgehead atoms. The summed E-state index contributed by atoms with van der Waals surface area (Å²) in [5.41, 5.74) is 1.30. The number of thiophene rings is 1. The van der Waals surface area contributed by atoms with Gasteiger partial charge in [0.25, 0.3) is 0 Å². The molecular formula is C20H31N3O2S. The van der Waals surface area contributed by atoms with Crippen LogP contribution in [0.2, 0.25) is 0 Å². The molecule has 5 nitrogen and oxygen atoms in total. The van der Waals surface area contributed by atoms with Crippen LogP contribution in [0.15, 0.2) is 11.4 Å². The molecule has 3 heterocycles. The fourth-order valence-corrected chi connectivity index (χ4v) is 4.77. The van der Waals surface area contributed by atoms with E-state index in [1.54, 1.807) is 11.3 Å². The van der Waals surface area contributed by atoms with Crippen LogP contribution in [0, 0.1) is 5.92 Å². The number of likely N-dealkylation sites (tertiary alicyclic amines) is 1. The first-order valence-electron chi connectivity index (χ1n) is 9.93. The number of nitrogens with one attached hydrogen (secondary N) is 1. The lowest BCUT2D eigenvalue weighted by Crippen LogP contribution is -2.51. The van der Waals surface area contributed by atoms with E-state index in [4.69, 9.17) is 0 Å². The zero-order valence-corrected chi connectivity index (χ0v) is 16.8. The predicted octanol–water partition coefficient (Wildman–Crippen LogP) is 2.65. The molecule has 1 saturated heterocycles. The monoisotopic (exact) mass is 377 g/mol. The number of piperidine rings is 1. The van der Waals surface area contributed by atoms with Crippen molar-refractivity contribution in [3.05, 3.63) is 21.9 Å². The lowest BCUT2D eigenvalue weighted by molar-refractivity contribution is -0.136. The molecule has 0 saturated carbocycles. The van der Waals surface area contributed by atoms with Gasteiger partial charge in [-0.05, 0) is 49.6 Å². The number of amides is 2. The van der Waals surface area contributed by atoms with Gasteiger partial charge < -0.3 is 10.2 Å². The molecule has 0 aliphatic carbocycles. The van der Waals surface area contributed by atoms with Crippen molar-refractivity contribution in [2.45, 2.75) is 58.5 Å². The zero-order chi connectivity index (χ0) is 18.5. The summed E-state index contributed by atoms with van der Waals surface area (Å²) in [7, 11) is 0. The Morgan fingerprint density at radius 2 is 2.19 bits per heavy atom. The SMILES string of the molecule is CCCCNC(=O)C1CCC(C)N(CC(=O)N2CCc3sccc3C2)C1. The Balaban J connectivity index is 1.52. The van der Waals surface area contributed by atoms with Gasteiger partial charge in [-0.2, -0.15) is 0 Å². The molecule has 2 atom stereocenters. The number of carbonyl (C=O) groups excluding carboxylic acids is 2. The molecule has 1 N–H and O–H groups in total. The van der Waals surface area contributed by atoms with Crippen LogP contribution in [0.4, 0.5) is 0 Å². The third kappa shape index (κ3) is 4.65. The summed E-state index contributed by atoms with van der Waals surface area (Å²) in [5, 5.41) is 5.17. The van der Waals surface area contributed by atoms with Crippen molar-refractivity contribution < 1.29 is 9.59 Å². The first kappa shape index (κ1) is 19.4. The molecule has 0 aromatic carbocycles. The Morgan fingerprint density at radius 1 is 1.35 bits per heavy atom. The van der Waals surface area contributed by atoms with Gasteiger partial charge in [0.15, 0.2) is 0 Å². The molecule has 1 fully saturated rings. The molecular weight excluding hydrogens is 346 g/mol. The topological polar surface area (TPSA) is 52.7 Å². The van der Waals surface area contributed by atoms with E-state index < -0.39 is 0 Å². The summed E-state index contributed by atoms with van der Waals surface area (Å²) >= 11 is 1.79. The van der Waals surface area contributed by atoms with Crippen LogP contribution in [0.1, 0.15) is 50.0 Å². The number of unbranched alkanes of at least 4 members (excludes halogenated alkanes) is 1. The van der Waals surface area contributed by atoms with E-state index in [0.29, 0.717) is 19.1 Å². The fraction of sp³-hybridized carbons (Fsp3) is 0.700. The summed E-state index contributed by atoms with van der Waals surface area (Å²) < 4.78 is 0. The van der Waals surface area contributed by atoms with Gasteiger partial charge in [-0.15, -0.1) is 11.3 Å². The number of fused-ring (bicyclic) bond motifs is 1. The van der Waals surface area contributed by atoms with Crippen molar-refractivity contribution >= 4 is 23.2 Å². The number of hydrogen-bond acceptors (Lipinski definition) is 4. The van der Waals surface area contributed by atoms with E-state index >= 15 is 0 Å². The predicted molar refractivity (Wildman–Crippen MR) is 105 cm³/mol. The molecule has 3 rings (SSSR count). The molecule has 144 valence electrons. The molecule has 2 aliphatic heterocycles. The van der Waals surface area contributed by atoms with Gasteiger partial charge in [0.05, 0.1) is 12.5 Å². The van der Waals surface area contributed by atoms with Gasteiger partial charge in [0.2, 0.25) is 11.8 Å². The van der Waals surface area contributed by atoms with E-state index in [-0.39, 0.29) is 17.7 Å². The number of carbonyl (C=O) groups is 2. The van der Waals surface area contributed by atoms with E-state index in [1.807, 2.05) is 4.90 Å². The summed E-state index contributed by atoms with van der Waals surface area (Å²) in [6.07, 6.45) is 4.98. The average Bonchev–Trinajstić information content (AvgIpc) is 3.11. The molecule has 2 amide bonds. The first-order chi connectivity index (χ1) is 12.6. The van der Waals surface area contributed by atoms with Crippen LogP contribution in [-0.4, -0.2) is 53.8 Å². The van der Waals surface area contributed by atoms with Gasteiger partial charge in [-0.25, -0.2) is 0 Å². The molecule has 6 heteroatoms. The van der Waals surface area contributed by atoms with Crippen molar-refractivity contribution in [1.82, 2.24) is 15.1 Å². The lowest BCUT2D eigenvalue weighted by Gasteiger charge is -2.38. The van der Waals surface area contributed by atoms with Gasteiger partial charge in [-0.1, -0.05) is 13.3 Å². The van der Waals surface area contributed by atoms with Gasteiger partial charge >= 0.3 is 0 Å². The van der Waals surface area contributed by atoms with Gasteiger partial charge in [0, 0.05) is 37.1 Å². The Bertz CT molecular complexity index is 630. The lowest BCUT2D eigenvalue weighted by atomic mass is 9.92. The molecule has 1 aromatic rings. The maximum Gasteiger partial charge on any atom is 0.237 e. The Labute approximate surface area is 160 Å². The highest BCUT2D eigenvalue weighted by Gasteiger charge is 2.32. The average molecular weight is 378 g/mol. The molecule has 0 radical (unpaired) electrons. The minimum atomic E-state index is 0.0145. The van der Waals surface area contributed by atoms with Crippen molar-refractivity contribution in [2.24, 2.45) is 5.92 Å². The van der Waals surface area contributed by atoms with E-state index in [0.717, 1.165) is 51.7 Å². The Kier molecular flexibility index (Phi) is 6.70. The smallest absolute Gasteiger partial charge is 0.237 e. The summed E-state index contributed by atoms with van der Waals surface area (Å²) in [5.74, 6) is 0.366. The van der Waals surface area contributed by atoms with Crippen LogP contribution < -0.4 is 5.32 Å². The zero-order valence-electron chi connectivity index (χ0n) is 16.0. The van der Waals surface area contributed by atoms with Crippen molar-refractivity contribution in [3.8, 4) is 0 Å². The highest BCUT2D eigenvalue weighted by atomic mass is 32.1. The standard InChI is InChI=1S/C20H31N3O2S/c1-3-4-9-21-20(25)17-6-5-15(2)23(13-17)14-19(24)22-10-7-18-16(12-22)8-11-26-18/h8,11,15,17H,3-7,9-10,12-14H2,1-2H3,(H,21,25). The highest BCUT2D eigenvalue weighted by Crippen LogP contribution is 2.25. The van der Waals surface area contributed by atoms with Crippen LogP contribution in [0.5, 0.6) is 0 Å². The summed E-state index contributed by atoms with van der Waals surface area (Å²) in [6, 6.07) is 2.50. The quantitative estimate of drug-likeness (QED) is 0.776. The van der Waals surface area contributed by atoms with Gasteiger partial charge in [-0.3, -0.25) is 14.5 Å². The largest absolute Gasteiger partial charge is 0.356 e. The van der Waals surface area contributed by atoms with Crippen LogP contribution in [0.25, 0.3) is 0 Å². The second-order valence-corrected chi connectivity index (χ2v) is 8.63. The summed E-state index contributed by atoms with van der Waals surface area (Å²) in [6.45, 7) is 7.74. The van der Waals surface area contributed by atoms with E-state index in [9.17, 15) is 9.59 Å². The maximum absolute atomic E-state index is 12.8. The van der Waals surface area contributed by atoms with Crippen LogP contribution >= 0.6 is 11.3 Å². The third-order valence-electron chi connectivity index (χ3n) is 5.71. The van der Waals surface area contributed by atoms with Crippen molar-refractivity contribution in [1.29, 1.82) is 0 Å². The number of rotatable bonds is 6. The number of hydrogen-bond donors (Lipinski definition) is 1. The molecule has 0 spiro atoms. The second-order valence-electron chi connectivity index (χ2n) is 7.63. The molecule has 2 aliphatic rings. The molecule has 26 heavy (non-hydrogen) atoms. The Morgan fingerprint density at radius 3 is 3.00 bits per heavy atom. The molecule has 2 unspecified atom stereocenters. The number of nitrogens with zero attached hydrogens (tertiary/aromatic N) is 2. The fourth-order valence-electron chi connectivity index (χ4n) is 3.88. The maximum atomic E-state index is 12.8. The normalized spacial score (nSPS) is 23.5. The summed E-state index contributed by atoms with van der Waals surface area (Å²) in [4.78, 5) is 30.8. The van der Waals surface area contributed by atoms with Gasteiger partial charge in [0.1, 0.15) is 0 Å². The molecule has 1 aromatic heterocycles. The third-order valence-corrected chi connectivity index (χ3v) is 6.73. The van der Waals surface area contributed by atoms with Crippen LogP contribution in [-0.2, 0) is 22.6 Å². The minimum absolute atomic E-state index is 0.0145. The minimum Gasteiger partial charge on any atom is -0.356 e. The van der Waals surface area contributed by atoms with Crippen LogP contribution in [0.3, 0.4) is 0 Å². The second kappa shape index (κ2) is 9.00. The first-order valence-corrected chi connectivity index (χ1v) is 10.8. The van der Waals surface area contributed by atoms with Crippen molar-refractivity contribution in [2.75, 3.05) is 26.2 Å². The van der Waals surface area contributed by atoms with Crippen molar-refractivity contribution in [3.63, 3.8) is 0 Å². The van der Waals surface area contributed by atoms with E-state index in [2.05, 4.69) is 35.5 Å². The highest BCUT2D eigenvalue weighted by molar-refractivity contribution is 7.10. The Hall–Kier alpha value is -1.40. The van der Waals surface area contributed by atoms with E-state index in [1.165, 1.54) is 10.4 Å².